The van der Waals surface area contributed by atoms with Crippen molar-refractivity contribution in [1.29, 1.82) is 0 Å². The van der Waals surface area contributed by atoms with E-state index in [1.165, 1.54) is 21.7 Å². The van der Waals surface area contributed by atoms with Gasteiger partial charge in [0, 0.05) is 35.5 Å². The van der Waals surface area contributed by atoms with Crippen LogP contribution in [0.4, 0.5) is 5.69 Å². The number of benzodiazepines with no additional fused rings is 1. The Morgan fingerprint density at radius 3 is 2.50 bits per heavy atom. The van der Waals surface area contributed by atoms with Gasteiger partial charge in [-0.05, 0) is 41.5 Å². The first-order valence-corrected chi connectivity index (χ1v) is 11.5. The van der Waals surface area contributed by atoms with Gasteiger partial charge in [0.05, 0.1) is 22.3 Å². The van der Waals surface area contributed by atoms with Crippen molar-refractivity contribution < 1.29 is 0 Å². The molecule has 1 heterocycles. The monoisotopic (exact) mass is 524 g/mol. The molecule has 2 nitrogen and oxygen atoms in total. The molecule has 3 aromatic rings. The van der Waals surface area contributed by atoms with Crippen molar-refractivity contribution in [2.45, 2.75) is 10.6 Å². The Balaban J connectivity index is 0.00000181. The van der Waals surface area contributed by atoms with Gasteiger partial charge < -0.3 is 4.90 Å². The van der Waals surface area contributed by atoms with Gasteiger partial charge in [0.1, 0.15) is 0 Å². The molecule has 1 aliphatic rings. The summed E-state index contributed by atoms with van der Waals surface area (Å²) in [4.78, 5) is 8.31. The van der Waals surface area contributed by atoms with Gasteiger partial charge in [-0.2, -0.15) is 0 Å². The molecule has 4 rings (SSSR count). The number of rotatable bonds is 5. The van der Waals surface area contributed by atoms with E-state index in [-0.39, 0.29) is 24.8 Å². The maximum absolute atomic E-state index is 6.16. The number of anilines is 1. The van der Waals surface area contributed by atoms with E-state index in [4.69, 9.17) is 28.2 Å². The summed E-state index contributed by atoms with van der Waals surface area (Å²) in [5.41, 5.74) is 5.76. The Morgan fingerprint density at radius 1 is 0.938 bits per heavy atom. The first-order chi connectivity index (χ1) is 14.6. The van der Waals surface area contributed by atoms with E-state index < -0.39 is 0 Å². The van der Waals surface area contributed by atoms with Crippen LogP contribution in [0, 0.1) is 0 Å². The Hall–Kier alpha value is -1.62. The average molecular weight is 526 g/mol. The fraction of sp³-hybridized carbons (Fsp3) is 0.160. The number of benzene rings is 3. The molecule has 0 bridgehead atoms. The third kappa shape index (κ3) is 6.46. The van der Waals surface area contributed by atoms with Crippen LogP contribution in [0.5, 0.6) is 0 Å². The van der Waals surface area contributed by atoms with E-state index in [2.05, 4.69) is 72.6 Å². The zero-order valence-electron chi connectivity index (χ0n) is 17.5. The highest BCUT2D eigenvalue weighted by Gasteiger charge is 2.13. The van der Waals surface area contributed by atoms with Gasteiger partial charge in [-0.15, -0.1) is 36.6 Å². The van der Waals surface area contributed by atoms with Crippen LogP contribution in [-0.2, 0) is 5.75 Å². The summed E-state index contributed by atoms with van der Waals surface area (Å²) in [6.07, 6.45) is 4.30. The molecule has 1 aliphatic heterocycles. The van der Waals surface area contributed by atoms with E-state index >= 15 is 0 Å². The normalized spacial score (nSPS) is 13.0. The fourth-order valence-electron chi connectivity index (χ4n) is 3.40. The summed E-state index contributed by atoms with van der Waals surface area (Å²) in [5, 5.41) is 1.18. The molecule has 0 atom stereocenters. The van der Waals surface area contributed by atoms with Crippen LogP contribution in [-0.4, -0.2) is 25.8 Å². The summed E-state index contributed by atoms with van der Waals surface area (Å²) in [6.45, 7) is 1.71. The number of halogens is 4. The van der Waals surface area contributed by atoms with Crippen LogP contribution in [0.3, 0.4) is 0 Å². The van der Waals surface area contributed by atoms with Crippen LogP contribution in [0.2, 0.25) is 10.0 Å². The van der Waals surface area contributed by atoms with Crippen molar-refractivity contribution in [1.82, 2.24) is 0 Å². The molecule has 0 radical (unpaired) electrons. The minimum Gasteiger partial charge on any atom is -0.372 e. The van der Waals surface area contributed by atoms with Crippen molar-refractivity contribution >= 4 is 77.3 Å². The topological polar surface area (TPSA) is 15.6 Å². The zero-order valence-corrected chi connectivity index (χ0v) is 21.5. The van der Waals surface area contributed by atoms with Gasteiger partial charge >= 0.3 is 0 Å². The smallest absolute Gasteiger partial charge is 0.0668 e. The van der Waals surface area contributed by atoms with Crippen molar-refractivity contribution in [3.05, 3.63) is 99.5 Å². The number of allylic oxidation sites excluding steroid dienone is 1. The summed E-state index contributed by atoms with van der Waals surface area (Å²) in [6, 6.07) is 22.7. The second-order valence-electron chi connectivity index (χ2n) is 7.11. The summed E-state index contributed by atoms with van der Waals surface area (Å²) in [5.74, 6) is 0.830. The summed E-state index contributed by atoms with van der Waals surface area (Å²) >= 11 is 14.0. The number of hydrogen-bond donors (Lipinski definition) is 0. The van der Waals surface area contributed by atoms with E-state index in [0.717, 1.165) is 30.1 Å². The molecule has 0 spiro atoms. The number of nitrogens with zero attached hydrogens (tertiary/aromatic N) is 2. The van der Waals surface area contributed by atoms with E-state index in [9.17, 15) is 0 Å². The third-order valence-corrected chi connectivity index (χ3v) is 6.93. The van der Waals surface area contributed by atoms with Crippen molar-refractivity contribution in [2.24, 2.45) is 4.99 Å². The first kappa shape index (κ1) is 26.6. The molecule has 0 aromatic heterocycles. The zero-order chi connectivity index (χ0) is 20.9. The number of fused-ring (bicyclic) bond motifs is 1. The number of para-hydroxylation sites is 1. The molecule has 3 aromatic carbocycles. The molecular formula is C25H24Cl4N2S. The van der Waals surface area contributed by atoms with Gasteiger partial charge in [0.15, 0.2) is 0 Å². The highest BCUT2D eigenvalue weighted by atomic mass is 35.5. The molecule has 0 saturated heterocycles. The van der Waals surface area contributed by atoms with Crippen molar-refractivity contribution in [2.75, 3.05) is 25.0 Å². The highest BCUT2D eigenvalue weighted by molar-refractivity contribution is 7.98. The number of hydrogen-bond acceptors (Lipinski definition) is 3. The van der Waals surface area contributed by atoms with Crippen LogP contribution < -0.4 is 4.90 Å². The second-order valence-corrected chi connectivity index (χ2v) is 8.95. The Morgan fingerprint density at radius 2 is 1.69 bits per heavy atom. The van der Waals surface area contributed by atoms with Crippen LogP contribution in [0.25, 0.3) is 6.08 Å². The molecule has 7 heteroatoms. The molecule has 32 heavy (non-hydrogen) atoms. The molecule has 0 unspecified atom stereocenters. The minimum absolute atomic E-state index is 0. The number of aliphatic imine (C=N–C) groups is 1. The van der Waals surface area contributed by atoms with Crippen LogP contribution in [0.1, 0.15) is 16.7 Å². The second kappa shape index (κ2) is 12.6. The van der Waals surface area contributed by atoms with Gasteiger partial charge in [0.25, 0.3) is 0 Å². The maximum atomic E-state index is 6.16. The number of likely N-dealkylation sites (N-methyl/N-ethyl adjacent to an activating group) is 1. The lowest BCUT2D eigenvalue weighted by Gasteiger charge is -2.18. The molecule has 0 N–H and O–H groups in total. The molecular weight excluding hydrogens is 502 g/mol. The van der Waals surface area contributed by atoms with Crippen LogP contribution >= 0.6 is 59.8 Å². The molecule has 0 fully saturated rings. The Bertz CT molecular complexity index is 1110. The molecule has 0 saturated carbocycles. The molecule has 0 aliphatic carbocycles. The average Bonchev–Trinajstić information content (AvgIpc) is 2.92. The lowest BCUT2D eigenvalue weighted by atomic mass is 10.1. The first-order valence-electron chi connectivity index (χ1n) is 9.80. The molecule has 0 amide bonds. The van der Waals surface area contributed by atoms with E-state index in [1.807, 2.05) is 18.2 Å². The largest absolute Gasteiger partial charge is 0.372 e. The lowest BCUT2D eigenvalue weighted by molar-refractivity contribution is 0.897. The van der Waals surface area contributed by atoms with Crippen molar-refractivity contribution in [3.63, 3.8) is 0 Å². The lowest BCUT2D eigenvalue weighted by Crippen LogP contribution is -2.20. The summed E-state index contributed by atoms with van der Waals surface area (Å²) in [7, 11) is 2.12. The Kier molecular flexibility index (Phi) is 10.5. The Labute approximate surface area is 216 Å². The maximum Gasteiger partial charge on any atom is 0.0668 e. The van der Waals surface area contributed by atoms with Gasteiger partial charge in [-0.25, -0.2) is 0 Å². The minimum atomic E-state index is 0. The van der Waals surface area contributed by atoms with Gasteiger partial charge in [-0.1, -0.05) is 71.7 Å². The fourth-order valence-corrected chi connectivity index (χ4v) is 4.70. The molecule has 168 valence electrons. The van der Waals surface area contributed by atoms with E-state index in [1.54, 1.807) is 11.8 Å². The van der Waals surface area contributed by atoms with Gasteiger partial charge in [-0.3, -0.25) is 4.99 Å². The predicted octanol–water partition coefficient (Wildman–Crippen LogP) is 8.08. The van der Waals surface area contributed by atoms with Crippen LogP contribution in [0.15, 0.2) is 82.7 Å². The number of thioether (sulfide) groups is 1. The summed E-state index contributed by atoms with van der Waals surface area (Å²) < 4.78 is 0. The quantitative estimate of drug-likeness (QED) is 0.313. The van der Waals surface area contributed by atoms with E-state index in [0.29, 0.717) is 10.0 Å². The highest BCUT2D eigenvalue weighted by Crippen LogP contribution is 2.30. The SMILES string of the molecule is CN1CCN=C(C=Cc2ccccc2SCc2ccc(Cl)c(Cl)c2)c2ccccc21.Cl.Cl. The standard InChI is InChI=1S/C25H22Cl2N2S.2ClH/c1-29-15-14-28-23(20-7-3-4-8-24(20)29)13-11-19-6-2-5-9-25(19)30-17-18-10-12-21(26)22(27)16-18;;/h2-13,16H,14-15,17H2,1H3;2*1H. The third-order valence-electron chi connectivity index (χ3n) is 5.03. The predicted molar refractivity (Wildman–Crippen MR) is 147 cm³/mol. The van der Waals surface area contributed by atoms with Gasteiger partial charge in [0.2, 0.25) is 0 Å². The van der Waals surface area contributed by atoms with Crippen molar-refractivity contribution in [3.8, 4) is 0 Å².